The lowest BCUT2D eigenvalue weighted by atomic mass is 10.1. The minimum atomic E-state index is 0.278. The Morgan fingerprint density at radius 2 is 2.17 bits per heavy atom. The van der Waals surface area contributed by atoms with Crippen molar-refractivity contribution in [1.82, 2.24) is 0 Å². The van der Waals surface area contributed by atoms with E-state index in [-0.39, 0.29) is 5.75 Å². The molecule has 0 bridgehead atoms. The highest BCUT2D eigenvalue weighted by atomic mass is 79.9. The maximum atomic E-state index is 9.19. The summed E-state index contributed by atoms with van der Waals surface area (Å²) >= 11 is 3.35. The third kappa shape index (κ3) is 1.37. The molecule has 0 aromatic heterocycles. The Bertz CT molecular complexity index is 346. The van der Waals surface area contributed by atoms with Crippen molar-refractivity contribution < 1.29 is 5.11 Å². The molecule has 1 heterocycles. The monoisotopic (exact) mass is 225 g/mol. The molecule has 0 amide bonds. The second kappa shape index (κ2) is 2.90. The van der Waals surface area contributed by atoms with E-state index in [2.05, 4.69) is 20.9 Å². The average Bonchev–Trinajstić information content (AvgIpc) is 2.03. The topological polar surface area (TPSA) is 32.6 Å². The minimum Gasteiger partial charge on any atom is -0.508 e. The van der Waals surface area contributed by atoms with Crippen LogP contribution in [0.1, 0.15) is 12.0 Å². The zero-order valence-electron chi connectivity index (χ0n) is 6.42. The summed E-state index contributed by atoms with van der Waals surface area (Å²) < 4.78 is 0.959. The lowest BCUT2D eigenvalue weighted by Gasteiger charge is -2.11. The van der Waals surface area contributed by atoms with E-state index in [4.69, 9.17) is 0 Å². The molecule has 1 aromatic carbocycles. The largest absolute Gasteiger partial charge is 0.508 e. The summed E-state index contributed by atoms with van der Waals surface area (Å²) in [5.74, 6) is 0.278. The van der Waals surface area contributed by atoms with E-state index in [1.165, 1.54) is 5.56 Å². The summed E-state index contributed by atoms with van der Waals surface area (Å²) in [6.45, 7) is 0. The molecule has 1 aromatic rings. The van der Waals surface area contributed by atoms with Crippen LogP contribution in [0.5, 0.6) is 5.75 Å². The summed E-state index contributed by atoms with van der Waals surface area (Å²) in [5.41, 5.74) is 2.09. The third-order valence-corrected chi connectivity index (χ3v) is 2.49. The number of phenolic OH excluding ortho intramolecular Hbond substituents is 1. The van der Waals surface area contributed by atoms with Crippen molar-refractivity contribution >= 4 is 26.2 Å². The number of aryl methyl sites for hydroxylation is 1. The molecule has 62 valence electrons. The molecule has 0 saturated carbocycles. The van der Waals surface area contributed by atoms with Crippen LogP contribution in [0.2, 0.25) is 0 Å². The van der Waals surface area contributed by atoms with Gasteiger partial charge in [0, 0.05) is 12.5 Å². The lowest BCUT2D eigenvalue weighted by molar-refractivity contribution is 0.475. The van der Waals surface area contributed by atoms with Gasteiger partial charge in [-0.05, 0) is 34.0 Å². The second-order valence-corrected chi connectivity index (χ2v) is 3.72. The number of hydrogen-bond donors (Lipinski definition) is 1. The molecule has 0 radical (unpaired) electrons. The Morgan fingerprint density at radius 1 is 1.33 bits per heavy atom. The summed E-state index contributed by atoms with van der Waals surface area (Å²) in [6.07, 6.45) is 1.96. The maximum Gasteiger partial charge on any atom is 0.117 e. The van der Waals surface area contributed by atoms with Crippen molar-refractivity contribution in [3.8, 4) is 5.75 Å². The number of halogens is 1. The molecule has 0 aliphatic carbocycles. The van der Waals surface area contributed by atoms with Gasteiger partial charge in [0.15, 0.2) is 0 Å². The first kappa shape index (κ1) is 7.80. The van der Waals surface area contributed by atoms with E-state index in [9.17, 15) is 5.11 Å². The van der Waals surface area contributed by atoms with Gasteiger partial charge in [-0.25, -0.2) is 4.99 Å². The van der Waals surface area contributed by atoms with Crippen LogP contribution in [0, 0.1) is 0 Å². The number of benzene rings is 1. The molecule has 0 spiro atoms. The predicted molar refractivity (Wildman–Crippen MR) is 52.4 cm³/mol. The highest BCUT2D eigenvalue weighted by molar-refractivity contribution is 9.18. The van der Waals surface area contributed by atoms with E-state index in [1.54, 1.807) is 12.1 Å². The Kier molecular flexibility index (Phi) is 1.89. The first-order valence-electron chi connectivity index (χ1n) is 3.80. The van der Waals surface area contributed by atoms with Gasteiger partial charge in [0.1, 0.15) is 5.75 Å². The number of rotatable bonds is 0. The fraction of sp³-hybridized carbons (Fsp3) is 0.222. The average molecular weight is 226 g/mol. The van der Waals surface area contributed by atoms with Crippen molar-refractivity contribution in [2.45, 2.75) is 12.8 Å². The molecule has 0 unspecified atom stereocenters. The van der Waals surface area contributed by atoms with E-state index in [1.807, 2.05) is 6.07 Å². The second-order valence-electron chi connectivity index (χ2n) is 2.80. The highest BCUT2D eigenvalue weighted by Gasteiger charge is 2.09. The zero-order valence-corrected chi connectivity index (χ0v) is 8.00. The van der Waals surface area contributed by atoms with Gasteiger partial charge in [-0.2, -0.15) is 0 Å². The molecule has 1 N–H and O–H groups in total. The Morgan fingerprint density at radius 3 is 3.00 bits per heavy atom. The number of nitrogens with zero attached hydrogens (tertiary/aromatic N) is 1. The first-order chi connectivity index (χ1) is 5.75. The summed E-state index contributed by atoms with van der Waals surface area (Å²) in [5, 5.41) is 9.19. The van der Waals surface area contributed by atoms with E-state index < -0.39 is 0 Å². The van der Waals surface area contributed by atoms with Crippen molar-refractivity contribution in [3.05, 3.63) is 23.8 Å². The molecule has 3 heteroatoms. The third-order valence-electron chi connectivity index (χ3n) is 1.91. The molecule has 1 aliphatic heterocycles. The van der Waals surface area contributed by atoms with Gasteiger partial charge in [-0.1, -0.05) is 6.07 Å². The quantitative estimate of drug-likeness (QED) is 0.724. The normalized spacial score (nSPS) is 15.2. The Hall–Kier alpha value is -0.830. The molecular weight excluding hydrogens is 218 g/mol. The van der Waals surface area contributed by atoms with Crippen molar-refractivity contribution in [1.29, 1.82) is 0 Å². The maximum absolute atomic E-state index is 9.19. The van der Waals surface area contributed by atoms with Crippen LogP contribution < -0.4 is 0 Å². The number of phenols is 1. The Balaban J connectivity index is 2.53. The zero-order chi connectivity index (χ0) is 8.55. The van der Waals surface area contributed by atoms with Gasteiger partial charge in [0.25, 0.3) is 0 Å². The van der Waals surface area contributed by atoms with Gasteiger partial charge in [0.05, 0.1) is 10.3 Å². The fourth-order valence-corrected chi connectivity index (χ4v) is 1.68. The Labute approximate surface area is 79.1 Å². The smallest absolute Gasteiger partial charge is 0.117 e. The predicted octanol–water partition coefficient (Wildman–Crippen LogP) is 2.76. The molecule has 2 nitrogen and oxygen atoms in total. The van der Waals surface area contributed by atoms with Crippen LogP contribution >= 0.6 is 15.9 Å². The summed E-state index contributed by atoms with van der Waals surface area (Å²) in [7, 11) is 0. The van der Waals surface area contributed by atoms with Crippen LogP contribution in [-0.2, 0) is 6.42 Å². The highest BCUT2D eigenvalue weighted by Crippen LogP contribution is 2.30. The summed E-state index contributed by atoms with van der Waals surface area (Å²) in [6, 6.07) is 5.32. The molecule has 12 heavy (non-hydrogen) atoms. The molecule has 1 aliphatic rings. The lowest BCUT2D eigenvalue weighted by Crippen LogP contribution is -1.98. The van der Waals surface area contributed by atoms with Crippen LogP contribution in [0.15, 0.2) is 23.2 Å². The SMILES string of the molecule is Oc1ccc2c(c1)N=C(Br)CC2. The van der Waals surface area contributed by atoms with E-state index in [0.717, 1.165) is 23.1 Å². The van der Waals surface area contributed by atoms with Gasteiger partial charge in [-0.3, -0.25) is 0 Å². The van der Waals surface area contributed by atoms with E-state index >= 15 is 0 Å². The minimum absolute atomic E-state index is 0.278. The first-order valence-corrected chi connectivity index (χ1v) is 4.60. The van der Waals surface area contributed by atoms with Gasteiger partial charge < -0.3 is 5.11 Å². The van der Waals surface area contributed by atoms with Gasteiger partial charge in [0.2, 0.25) is 0 Å². The van der Waals surface area contributed by atoms with Crippen LogP contribution in [0.3, 0.4) is 0 Å². The van der Waals surface area contributed by atoms with Crippen molar-refractivity contribution in [2.24, 2.45) is 4.99 Å². The van der Waals surface area contributed by atoms with Crippen molar-refractivity contribution in [2.75, 3.05) is 0 Å². The van der Waals surface area contributed by atoms with Crippen LogP contribution in [0.25, 0.3) is 0 Å². The van der Waals surface area contributed by atoms with Crippen LogP contribution in [0.4, 0.5) is 5.69 Å². The number of aromatic hydroxyl groups is 1. The molecule has 0 saturated heterocycles. The standard InChI is InChI=1S/C9H8BrNO/c10-9-4-2-6-1-3-7(12)5-8(6)11-9/h1,3,5,12H,2,4H2. The van der Waals surface area contributed by atoms with Crippen molar-refractivity contribution in [3.63, 3.8) is 0 Å². The van der Waals surface area contributed by atoms with E-state index in [0.29, 0.717) is 0 Å². The molecule has 0 atom stereocenters. The molecule has 2 rings (SSSR count). The van der Waals surface area contributed by atoms with Gasteiger partial charge in [-0.15, -0.1) is 0 Å². The summed E-state index contributed by atoms with van der Waals surface area (Å²) in [4.78, 5) is 4.28. The number of fused-ring (bicyclic) bond motifs is 1. The van der Waals surface area contributed by atoms with Crippen LogP contribution in [-0.4, -0.2) is 9.73 Å². The fourth-order valence-electron chi connectivity index (χ4n) is 1.29. The van der Waals surface area contributed by atoms with Gasteiger partial charge >= 0.3 is 0 Å². The number of hydrogen-bond acceptors (Lipinski definition) is 2. The molecule has 0 fully saturated rings. The molecular formula is C9H8BrNO. The number of aliphatic imine (C=N–C) groups is 1.